The van der Waals surface area contributed by atoms with Gasteiger partial charge in [-0.3, -0.25) is 4.79 Å². The van der Waals surface area contributed by atoms with Crippen LogP contribution in [-0.4, -0.2) is 23.9 Å². The fraction of sp³-hybridized carbons (Fsp3) is 0.375. The van der Waals surface area contributed by atoms with Crippen molar-refractivity contribution in [2.24, 2.45) is 0 Å². The molecule has 190 valence electrons. The predicted octanol–water partition coefficient (Wildman–Crippen LogP) is 7.59. The van der Waals surface area contributed by atoms with E-state index in [0.717, 1.165) is 36.8 Å². The standard InChI is InChI=1S/C32H39NO3/c1-4-6-8-10-31(34)33(24-27-15-21-30(22-16-27)32(35)36-3)23-26-13-19-29(20-14-26)28-17-11-25(12-18-28)9-7-5-2/h11-22H,4-10,23-24H2,1-3H3. The first-order valence-corrected chi connectivity index (χ1v) is 13.2. The number of hydrogen-bond acceptors (Lipinski definition) is 3. The predicted molar refractivity (Wildman–Crippen MR) is 147 cm³/mol. The average Bonchev–Trinajstić information content (AvgIpc) is 2.92. The Labute approximate surface area is 216 Å². The number of amides is 1. The number of unbranched alkanes of at least 4 members (excludes halogenated alkanes) is 3. The number of methoxy groups -OCH3 is 1. The minimum Gasteiger partial charge on any atom is -0.465 e. The first-order valence-electron chi connectivity index (χ1n) is 13.2. The fourth-order valence-corrected chi connectivity index (χ4v) is 4.27. The Balaban J connectivity index is 1.70. The number of hydrogen-bond donors (Lipinski definition) is 0. The lowest BCUT2D eigenvalue weighted by molar-refractivity contribution is -0.132. The van der Waals surface area contributed by atoms with Crippen molar-refractivity contribution < 1.29 is 14.3 Å². The van der Waals surface area contributed by atoms with Crippen LogP contribution in [0.25, 0.3) is 11.1 Å². The number of esters is 1. The number of carbonyl (C=O) groups excluding carboxylic acids is 2. The Hall–Kier alpha value is -3.40. The molecule has 0 aliphatic rings. The van der Waals surface area contributed by atoms with Crippen LogP contribution < -0.4 is 0 Å². The molecule has 3 rings (SSSR count). The zero-order chi connectivity index (χ0) is 25.8. The highest BCUT2D eigenvalue weighted by atomic mass is 16.5. The summed E-state index contributed by atoms with van der Waals surface area (Å²) in [4.78, 5) is 26.8. The van der Waals surface area contributed by atoms with Crippen molar-refractivity contribution in [2.45, 2.75) is 71.9 Å². The summed E-state index contributed by atoms with van der Waals surface area (Å²) in [6.45, 7) is 5.43. The average molecular weight is 486 g/mol. The third-order valence-electron chi connectivity index (χ3n) is 6.53. The summed E-state index contributed by atoms with van der Waals surface area (Å²) in [5.41, 5.74) is 6.38. The van der Waals surface area contributed by atoms with Gasteiger partial charge in [-0.25, -0.2) is 4.79 Å². The molecule has 4 nitrogen and oxygen atoms in total. The number of ether oxygens (including phenoxy) is 1. The van der Waals surface area contributed by atoms with Crippen LogP contribution in [0.1, 0.15) is 79.4 Å². The highest BCUT2D eigenvalue weighted by Crippen LogP contribution is 2.22. The normalized spacial score (nSPS) is 10.8. The molecule has 0 unspecified atom stereocenters. The second-order valence-electron chi connectivity index (χ2n) is 9.39. The summed E-state index contributed by atoms with van der Waals surface area (Å²) in [5, 5.41) is 0. The molecule has 3 aromatic rings. The third kappa shape index (κ3) is 8.08. The Morgan fingerprint density at radius 2 is 1.17 bits per heavy atom. The molecule has 0 N–H and O–H groups in total. The van der Waals surface area contributed by atoms with Crippen molar-refractivity contribution in [2.75, 3.05) is 7.11 Å². The maximum atomic E-state index is 13.1. The Bertz CT molecular complexity index is 1090. The van der Waals surface area contributed by atoms with Crippen molar-refractivity contribution >= 4 is 11.9 Å². The van der Waals surface area contributed by atoms with E-state index in [1.54, 1.807) is 12.1 Å². The summed E-state index contributed by atoms with van der Waals surface area (Å²) in [6, 6.07) is 24.7. The van der Waals surface area contributed by atoms with Gasteiger partial charge < -0.3 is 9.64 Å². The molecular formula is C32H39NO3. The van der Waals surface area contributed by atoms with E-state index in [2.05, 4.69) is 62.4 Å². The topological polar surface area (TPSA) is 46.6 Å². The Morgan fingerprint density at radius 3 is 1.67 bits per heavy atom. The number of rotatable bonds is 13. The van der Waals surface area contributed by atoms with Gasteiger partial charge in [0.15, 0.2) is 0 Å². The molecule has 4 heteroatoms. The van der Waals surface area contributed by atoms with E-state index in [1.165, 1.54) is 36.6 Å². The van der Waals surface area contributed by atoms with Gasteiger partial charge >= 0.3 is 5.97 Å². The first kappa shape index (κ1) is 27.2. The lowest BCUT2D eigenvalue weighted by Gasteiger charge is -2.23. The van der Waals surface area contributed by atoms with Crippen molar-refractivity contribution in [3.8, 4) is 11.1 Å². The molecule has 3 aromatic carbocycles. The summed E-state index contributed by atoms with van der Waals surface area (Å²) in [6.07, 6.45) is 7.15. The number of nitrogens with zero attached hydrogens (tertiary/aromatic N) is 1. The molecule has 0 saturated heterocycles. The lowest BCUT2D eigenvalue weighted by Crippen LogP contribution is -2.30. The van der Waals surface area contributed by atoms with Crippen LogP contribution in [0.5, 0.6) is 0 Å². The second-order valence-corrected chi connectivity index (χ2v) is 9.39. The van der Waals surface area contributed by atoms with Crippen molar-refractivity contribution in [1.82, 2.24) is 4.90 Å². The minimum atomic E-state index is -0.357. The second kappa shape index (κ2) is 14.2. The molecule has 0 aliphatic carbocycles. The van der Waals surface area contributed by atoms with E-state index in [0.29, 0.717) is 25.1 Å². The minimum absolute atomic E-state index is 0.159. The summed E-state index contributed by atoms with van der Waals surface area (Å²) >= 11 is 0. The van der Waals surface area contributed by atoms with Gasteiger partial charge in [0.25, 0.3) is 0 Å². The molecule has 0 atom stereocenters. The van der Waals surface area contributed by atoms with Crippen LogP contribution >= 0.6 is 0 Å². The molecule has 0 radical (unpaired) electrons. The zero-order valence-electron chi connectivity index (χ0n) is 22.0. The quantitative estimate of drug-likeness (QED) is 0.185. The summed E-state index contributed by atoms with van der Waals surface area (Å²) in [7, 11) is 1.38. The van der Waals surface area contributed by atoms with Crippen LogP contribution in [0.4, 0.5) is 0 Å². The molecule has 0 bridgehead atoms. The highest BCUT2D eigenvalue weighted by Gasteiger charge is 2.15. The third-order valence-corrected chi connectivity index (χ3v) is 6.53. The Morgan fingerprint density at radius 1 is 0.667 bits per heavy atom. The molecule has 0 fully saturated rings. The number of carbonyl (C=O) groups is 2. The number of aryl methyl sites for hydroxylation is 1. The van der Waals surface area contributed by atoms with Crippen molar-refractivity contribution in [3.05, 3.63) is 95.1 Å². The van der Waals surface area contributed by atoms with Gasteiger partial charge in [-0.1, -0.05) is 93.8 Å². The van der Waals surface area contributed by atoms with Crippen LogP contribution in [-0.2, 0) is 29.0 Å². The van der Waals surface area contributed by atoms with E-state index in [1.807, 2.05) is 17.0 Å². The van der Waals surface area contributed by atoms with Crippen LogP contribution in [0.3, 0.4) is 0 Å². The van der Waals surface area contributed by atoms with Crippen LogP contribution in [0.2, 0.25) is 0 Å². The van der Waals surface area contributed by atoms with E-state index in [-0.39, 0.29) is 11.9 Å². The maximum Gasteiger partial charge on any atom is 0.337 e. The van der Waals surface area contributed by atoms with Gasteiger partial charge in [0.2, 0.25) is 5.91 Å². The fourth-order valence-electron chi connectivity index (χ4n) is 4.27. The van der Waals surface area contributed by atoms with E-state index in [4.69, 9.17) is 4.74 Å². The number of benzene rings is 3. The molecular weight excluding hydrogens is 446 g/mol. The van der Waals surface area contributed by atoms with Crippen molar-refractivity contribution in [1.29, 1.82) is 0 Å². The molecule has 0 saturated carbocycles. The van der Waals surface area contributed by atoms with E-state index in [9.17, 15) is 9.59 Å². The van der Waals surface area contributed by atoms with E-state index >= 15 is 0 Å². The van der Waals surface area contributed by atoms with Gasteiger partial charge in [-0.05, 0) is 59.2 Å². The monoisotopic (exact) mass is 485 g/mol. The smallest absolute Gasteiger partial charge is 0.337 e. The largest absolute Gasteiger partial charge is 0.465 e. The van der Waals surface area contributed by atoms with Gasteiger partial charge in [0.1, 0.15) is 0 Å². The van der Waals surface area contributed by atoms with Gasteiger partial charge in [0.05, 0.1) is 12.7 Å². The molecule has 0 spiro atoms. The van der Waals surface area contributed by atoms with Gasteiger partial charge in [-0.2, -0.15) is 0 Å². The first-order chi connectivity index (χ1) is 17.5. The Kier molecular flexibility index (Phi) is 10.7. The zero-order valence-corrected chi connectivity index (χ0v) is 22.0. The maximum absolute atomic E-state index is 13.1. The summed E-state index contributed by atoms with van der Waals surface area (Å²) in [5.74, 6) is -0.197. The van der Waals surface area contributed by atoms with Gasteiger partial charge in [0, 0.05) is 19.5 Å². The molecule has 36 heavy (non-hydrogen) atoms. The van der Waals surface area contributed by atoms with E-state index < -0.39 is 0 Å². The lowest BCUT2D eigenvalue weighted by atomic mass is 10.0. The van der Waals surface area contributed by atoms with Crippen molar-refractivity contribution in [3.63, 3.8) is 0 Å². The summed E-state index contributed by atoms with van der Waals surface area (Å²) < 4.78 is 4.79. The van der Waals surface area contributed by atoms with Gasteiger partial charge in [-0.15, -0.1) is 0 Å². The van der Waals surface area contributed by atoms with Crippen LogP contribution in [0, 0.1) is 0 Å². The van der Waals surface area contributed by atoms with Crippen LogP contribution in [0.15, 0.2) is 72.8 Å². The molecule has 1 amide bonds. The SMILES string of the molecule is CCCCCC(=O)N(Cc1ccc(C(=O)OC)cc1)Cc1ccc(-c2ccc(CCCC)cc2)cc1. The molecule has 0 heterocycles. The highest BCUT2D eigenvalue weighted by molar-refractivity contribution is 5.89. The molecule has 0 aliphatic heterocycles. The molecule has 0 aromatic heterocycles.